The second kappa shape index (κ2) is 8.61. The molecule has 1 heterocycles. The Bertz CT molecular complexity index is 654. The van der Waals surface area contributed by atoms with Gasteiger partial charge in [0.15, 0.2) is 0 Å². The number of hydrogen-bond donors (Lipinski definition) is 3. The van der Waals surface area contributed by atoms with Gasteiger partial charge in [-0.05, 0) is 47.9 Å². The van der Waals surface area contributed by atoms with Crippen LogP contribution in [0, 0.1) is 0 Å². The van der Waals surface area contributed by atoms with Crippen LogP contribution in [0.25, 0.3) is 0 Å². The lowest BCUT2D eigenvalue weighted by Gasteiger charge is -2.22. The quantitative estimate of drug-likeness (QED) is 0.642. The summed E-state index contributed by atoms with van der Waals surface area (Å²) in [5, 5.41) is 19.6. The summed E-state index contributed by atoms with van der Waals surface area (Å²) < 4.78 is 0. The first kappa shape index (κ1) is 18.2. The summed E-state index contributed by atoms with van der Waals surface area (Å²) in [6.45, 7) is 2.27. The molecule has 0 spiro atoms. The highest BCUT2D eigenvalue weighted by Gasteiger charge is 2.23. The van der Waals surface area contributed by atoms with Crippen molar-refractivity contribution in [2.75, 3.05) is 13.1 Å². The van der Waals surface area contributed by atoms with E-state index < -0.39 is 5.60 Å². The van der Waals surface area contributed by atoms with E-state index in [4.69, 9.17) is 0 Å². The van der Waals surface area contributed by atoms with Crippen molar-refractivity contribution in [3.8, 4) is 0 Å². The minimum atomic E-state index is -1.07. The van der Waals surface area contributed by atoms with Gasteiger partial charge in [-0.15, -0.1) is 0 Å². The van der Waals surface area contributed by atoms with Crippen LogP contribution in [0.1, 0.15) is 35.7 Å². The zero-order chi connectivity index (χ0) is 17.4. The van der Waals surface area contributed by atoms with Crippen LogP contribution >= 0.6 is 11.3 Å². The third-order valence-corrected chi connectivity index (χ3v) is 4.36. The van der Waals surface area contributed by atoms with Crippen LogP contribution < -0.4 is 10.6 Å². The summed E-state index contributed by atoms with van der Waals surface area (Å²) in [5.74, 6) is -0.282. The molecule has 1 atom stereocenters. The first-order valence-electron chi connectivity index (χ1n) is 7.84. The second-order valence-corrected chi connectivity index (χ2v) is 6.57. The van der Waals surface area contributed by atoms with E-state index in [0.29, 0.717) is 24.9 Å². The highest BCUT2D eigenvalue weighted by molar-refractivity contribution is 7.08. The molecule has 0 bridgehead atoms. The number of amides is 2. The van der Waals surface area contributed by atoms with E-state index in [1.807, 2.05) is 35.0 Å². The van der Waals surface area contributed by atoms with Gasteiger partial charge < -0.3 is 15.7 Å². The number of nitrogens with one attached hydrogen (secondary N) is 2. The Labute approximate surface area is 145 Å². The molecule has 0 saturated carbocycles. The number of carbonyl (C=O) groups is 2. The zero-order valence-corrected chi connectivity index (χ0v) is 14.4. The topological polar surface area (TPSA) is 78.4 Å². The van der Waals surface area contributed by atoms with E-state index in [0.717, 1.165) is 5.56 Å². The lowest BCUT2D eigenvalue weighted by Crippen LogP contribution is -2.38. The molecule has 6 heteroatoms. The molecular weight excluding hydrogens is 324 g/mol. The molecule has 0 radical (unpaired) electrons. The third kappa shape index (κ3) is 5.47. The molecule has 0 fully saturated rings. The molecule has 0 aliphatic carbocycles. The minimum Gasteiger partial charge on any atom is -0.384 e. The summed E-state index contributed by atoms with van der Waals surface area (Å²) in [5.41, 5.74) is 0.327. The monoisotopic (exact) mass is 346 g/mol. The van der Waals surface area contributed by atoms with Gasteiger partial charge in [0, 0.05) is 18.5 Å². The largest absolute Gasteiger partial charge is 0.384 e. The van der Waals surface area contributed by atoms with E-state index in [2.05, 4.69) is 10.6 Å². The SMILES string of the molecule is CC(O)(CNC(=O)CCCNC(=O)c1ccccc1)c1ccsc1. The molecular formula is C18H22N2O3S. The molecule has 3 N–H and O–H groups in total. The molecule has 2 aromatic rings. The fourth-order valence-electron chi connectivity index (χ4n) is 2.17. The van der Waals surface area contributed by atoms with Crippen LogP contribution in [0.3, 0.4) is 0 Å². The lowest BCUT2D eigenvalue weighted by molar-refractivity contribution is -0.122. The fraction of sp³-hybridized carbons (Fsp3) is 0.333. The Morgan fingerprint density at radius 3 is 2.58 bits per heavy atom. The van der Waals surface area contributed by atoms with Gasteiger partial charge >= 0.3 is 0 Å². The van der Waals surface area contributed by atoms with Crippen molar-refractivity contribution in [1.29, 1.82) is 0 Å². The summed E-state index contributed by atoms with van der Waals surface area (Å²) >= 11 is 1.51. The predicted octanol–water partition coefficient (Wildman–Crippen LogP) is 2.28. The molecule has 2 rings (SSSR count). The maximum absolute atomic E-state index is 11.8. The molecule has 1 aromatic heterocycles. The maximum Gasteiger partial charge on any atom is 0.251 e. The number of aliphatic hydroxyl groups is 1. The third-order valence-electron chi connectivity index (χ3n) is 3.68. The van der Waals surface area contributed by atoms with Crippen molar-refractivity contribution in [2.45, 2.75) is 25.4 Å². The fourth-order valence-corrected chi connectivity index (χ4v) is 2.96. The van der Waals surface area contributed by atoms with Crippen LogP contribution in [0.15, 0.2) is 47.2 Å². The Morgan fingerprint density at radius 1 is 1.17 bits per heavy atom. The van der Waals surface area contributed by atoms with Crippen molar-refractivity contribution in [1.82, 2.24) is 10.6 Å². The van der Waals surface area contributed by atoms with Gasteiger partial charge in [0.05, 0.1) is 6.54 Å². The molecule has 0 aliphatic heterocycles. The minimum absolute atomic E-state index is 0.139. The first-order valence-corrected chi connectivity index (χ1v) is 8.78. The van der Waals surface area contributed by atoms with Crippen LogP contribution in [-0.4, -0.2) is 30.0 Å². The molecule has 24 heavy (non-hydrogen) atoms. The second-order valence-electron chi connectivity index (χ2n) is 5.79. The van der Waals surface area contributed by atoms with Gasteiger partial charge in [0.1, 0.15) is 5.60 Å². The van der Waals surface area contributed by atoms with Crippen molar-refractivity contribution < 1.29 is 14.7 Å². The first-order chi connectivity index (χ1) is 11.5. The average Bonchev–Trinajstić information content (AvgIpc) is 3.13. The molecule has 0 aliphatic rings. The van der Waals surface area contributed by atoms with Gasteiger partial charge in [-0.2, -0.15) is 11.3 Å². The lowest BCUT2D eigenvalue weighted by atomic mass is 9.99. The highest BCUT2D eigenvalue weighted by Crippen LogP contribution is 2.21. The van der Waals surface area contributed by atoms with Gasteiger partial charge in [-0.25, -0.2) is 0 Å². The van der Waals surface area contributed by atoms with Crippen LogP contribution in [-0.2, 0) is 10.4 Å². The molecule has 0 saturated heterocycles. The molecule has 1 aromatic carbocycles. The summed E-state index contributed by atoms with van der Waals surface area (Å²) in [6, 6.07) is 10.8. The standard InChI is InChI=1S/C18H22N2O3S/c1-18(23,15-9-11-24-12-15)13-20-16(21)8-5-10-19-17(22)14-6-3-2-4-7-14/h2-4,6-7,9,11-12,23H,5,8,10,13H2,1H3,(H,19,22)(H,20,21). The molecule has 1 unspecified atom stereocenters. The number of carbonyl (C=O) groups excluding carboxylic acids is 2. The van der Waals surface area contributed by atoms with E-state index in [-0.39, 0.29) is 18.4 Å². The van der Waals surface area contributed by atoms with E-state index in [1.54, 1.807) is 19.1 Å². The average molecular weight is 346 g/mol. The van der Waals surface area contributed by atoms with Crippen LogP contribution in [0.2, 0.25) is 0 Å². The smallest absolute Gasteiger partial charge is 0.251 e. The highest BCUT2D eigenvalue weighted by atomic mass is 32.1. The summed E-state index contributed by atoms with van der Waals surface area (Å²) in [7, 11) is 0. The van der Waals surface area contributed by atoms with Crippen molar-refractivity contribution in [2.24, 2.45) is 0 Å². The van der Waals surface area contributed by atoms with Gasteiger partial charge in [0.2, 0.25) is 5.91 Å². The van der Waals surface area contributed by atoms with E-state index in [9.17, 15) is 14.7 Å². The van der Waals surface area contributed by atoms with Crippen molar-refractivity contribution in [3.05, 3.63) is 58.3 Å². The van der Waals surface area contributed by atoms with E-state index in [1.165, 1.54) is 11.3 Å². The van der Waals surface area contributed by atoms with Crippen molar-refractivity contribution >= 4 is 23.2 Å². The maximum atomic E-state index is 11.8. The Kier molecular flexibility index (Phi) is 6.52. The number of thiophene rings is 1. The number of rotatable bonds is 8. The Hall–Kier alpha value is -2.18. The zero-order valence-electron chi connectivity index (χ0n) is 13.6. The number of hydrogen-bond acceptors (Lipinski definition) is 4. The van der Waals surface area contributed by atoms with Gasteiger partial charge in [0.25, 0.3) is 5.91 Å². The van der Waals surface area contributed by atoms with Crippen LogP contribution in [0.4, 0.5) is 0 Å². The van der Waals surface area contributed by atoms with Crippen molar-refractivity contribution in [3.63, 3.8) is 0 Å². The Morgan fingerprint density at radius 2 is 1.92 bits per heavy atom. The predicted molar refractivity (Wildman–Crippen MR) is 94.9 cm³/mol. The van der Waals surface area contributed by atoms with Crippen LogP contribution in [0.5, 0.6) is 0 Å². The molecule has 128 valence electrons. The molecule has 2 amide bonds. The summed E-state index contributed by atoms with van der Waals surface area (Å²) in [4.78, 5) is 23.7. The molecule has 5 nitrogen and oxygen atoms in total. The van der Waals surface area contributed by atoms with Gasteiger partial charge in [-0.3, -0.25) is 9.59 Å². The normalized spacial score (nSPS) is 13.1. The van der Waals surface area contributed by atoms with Gasteiger partial charge in [-0.1, -0.05) is 18.2 Å². The number of benzene rings is 1. The summed E-state index contributed by atoms with van der Waals surface area (Å²) in [6.07, 6.45) is 0.847. The van der Waals surface area contributed by atoms with E-state index >= 15 is 0 Å². The Balaban J connectivity index is 1.64.